The van der Waals surface area contributed by atoms with E-state index in [1.54, 1.807) is 24.3 Å². The van der Waals surface area contributed by atoms with Crippen molar-refractivity contribution in [2.45, 2.75) is 0 Å². The maximum absolute atomic E-state index is 11.9. The van der Waals surface area contributed by atoms with E-state index in [4.69, 9.17) is 16.3 Å². The van der Waals surface area contributed by atoms with E-state index in [9.17, 15) is 14.4 Å². The molecule has 0 atom stereocenters. The molecule has 0 saturated heterocycles. The third-order valence-electron chi connectivity index (χ3n) is 2.71. The van der Waals surface area contributed by atoms with Crippen LogP contribution in [0.5, 0.6) is 0 Å². The lowest BCUT2D eigenvalue weighted by atomic mass is 10.1. The first-order valence-electron chi connectivity index (χ1n) is 6.24. The number of esters is 1. The molecule has 2 aromatic rings. The number of nitrogens with zero attached hydrogens (tertiary/aromatic N) is 1. The highest BCUT2D eigenvalue weighted by atomic mass is 35.5. The first-order chi connectivity index (χ1) is 10.5. The number of halogens is 1. The van der Waals surface area contributed by atoms with Crippen LogP contribution in [0.15, 0.2) is 30.3 Å². The molecule has 0 spiro atoms. The standard InChI is InChI=1S/C14H12ClN3O4/c1-16-14(21)18-12(19)7-22-13(20)9-2-4-10-8(6-9)3-5-11(15)17-10/h2-6H,7H2,1H3,(H2,16,18,19,21). The van der Waals surface area contributed by atoms with E-state index in [1.807, 2.05) is 5.32 Å². The molecule has 22 heavy (non-hydrogen) atoms. The van der Waals surface area contributed by atoms with Crippen LogP contribution in [0.25, 0.3) is 10.9 Å². The molecule has 1 heterocycles. The van der Waals surface area contributed by atoms with E-state index < -0.39 is 24.5 Å². The van der Waals surface area contributed by atoms with Crippen LogP contribution in [0.1, 0.15) is 10.4 Å². The number of amides is 3. The average molecular weight is 322 g/mol. The molecule has 0 saturated carbocycles. The Morgan fingerprint density at radius 3 is 2.73 bits per heavy atom. The lowest BCUT2D eigenvalue weighted by Gasteiger charge is -2.06. The van der Waals surface area contributed by atoms with Crippen LogP contribution in [-0.2, 0) is 9.53 Å². The van der Waals surface area contributed by atoms with Crippen LogP contribution < -0.4 is 10.6 Å². The summed E-state index contributed by atoms with van der Waals surface area (Å²) in [5.74, 6) is -1.40. The molecule has 8 heteroatoms. The maximum atomic E-state index is 11.9. The third kappa shape index (κ3) is 3.92. The zero-order valence-electron chi connectivity index (χ0n) is 11.6. The minimum Gasteiger partial charge on any atom is -0.452 e. The first-order valence-corrected chi connectivity index (χ1v) is 6.62. The van der Waals surface area contributed by atoms with Crippen molar-refractivity contribution in [3.05, 3.63) is 41.0 Å². The Morgan fingerprint density at radius 2 is 2.00 bits per heavy atom. The molecule has 3 amide bonds. The summed E-state index contributed by atoms with van der Waals surface area (Å²) in [5.41, 5.74) is 0.908. The van der Waals surface area contributed by atoms with Gasteiger partial charge in [-0.1, -0.05) is 11.6 Å². The summed E-state index contributed by atoms with van der Waals surface area (Å²) in [6.45, 7) is -0.552. The van der Waals surface area contributed by atoms with Crippen molar-refractivity contribution in [1.82, 2.24) is 15.6 Å². The summed E-state index contributed by atoms with van der Waals surface area (Å²) in [7, 11) is 1.37. The number of nitrogens with one attached hydrogen (secondary N) is 2. The zero-order valence-corrected chi connectivity index (χ0v) is 12.3. The van der Waals surface area contributed by atoms with Crippen molar-refractivity contribution < 1.29 is 19.1 Å². The summed E-state index contributed by atoms with van der Waals surface area (Å²) in [6, 6.07) is 7.38. The Kier molecular flexibility index (Phi) is 4.90. The van der Waals surface area contributed by atoms with E-state index >= 15 is 0 Å². The molecule has 0 aliphatic carbocycles. The van der Waals surface area contributed by atoms with Gasteiger partial charge in [-0.05, 0) is 30.3 Å². The summed E-state index contributed by atoms with van der Waals surface area (Å²) in [6.07, 6.45) is 0. The summed E-state index contributed by atoms with van der Waals surface area (Å²) >= 11 is 5.78. The number of urea groups is 1. The van der Waals surface area contributed by atoms with Gasteiger partial charge >= 0.3 is 12.0 Å². The van der Waals surface area contributed by atoms with Crippen LogP contribution in [-0.4, -0.2) is 36.5 Å². The van der Waals surface area contributed by atoms with Crippen molar-refractivity contribution in [3.8, 4) is 0 Å². The lowest BCUT2D eigenvalue weighted by molar-refractivity contribution is -0.123. The SMILES string of the molecule is CNC(=O)NC(=O)COC(=O)c1ccc2nc(Cl)ccc2c1. The van der Waals surface area contributed by atoms with Crippen molar-refractivity contribution in [1.29, 1.82) is 0 Å². The van der Waals surface area contributed by atoms with Crippen molar-refractivity contribution in [2.24, 2.45) is 0 Å². The van der Waals surface area contributed by atoms with E-state index in [0.29, 0.717) is 16.1 Å². The van der Waals surface area contributed by atoms with Crippen LogP contribution in [0.3, 0.4) is 0 Å². The number of fused-ring (bicyclic) bond motifs is 1. The van der Waals surface area contributed by atoms with Gasteiger partial charge in [-0.25, -0.2) is 14.6 Å². The largest absolute Gasteiger partial charge is 0.452 e. The van der Waals surface area contributed by atoms with Crippen molar-refractivity contribution in [3.63, 3.8) is 0 Å². The molecule has 0 fully saturated rings. The molecular weight excluding hydrogens is 310 g/mol. The van der Waals surface area contributed by atoms with E-state index in [1.165, 1.54) is 13.1 Å². The number of carbonyl (C=O) groups excluding carboxylic acids is 3. The number of pyridine rings is 1. The normalized spacial score (nSPS) is 10.1. The number of ether oxygens (including phenoxy) is 1. The first kappa shape index (κ1) is 15.7. The van der Waals surface area contributed by atoms with Gasteiger partial charge < -0.3 is 10.1 Å². The van der Waals surface area contributed by atoms with Crippen LogP contribution in [0.2, 0.25) is 5.15 Å². The number of hydrogen-bond donors (Lipinski definition) is 2. The molecule has 7 nitrogen and oxygen atoms in total. The topological polar surface area (TPSA) is 97.4 Å². The van der Waals surface area contributed by atoms with Gasteiger partial charge in [-0.3, -0.25) is 10.1 Å². The lowest BCUT2D eigenvalue weighted by Crippen LogP contribution is -2.39. The molecule has 0 unspecified atom stereocenters. The van der Waals surface area contributed by atoms with E-state index in [0.717, 1.165) is 0 Å². The molecule has 0 bridgehead atoms. The smallest absolute Gasteiger partial charge is 0.338 e. The molecular formula is C14H12ClN3O4. The Labute approximate surface area is 130 Å². The Hall–Kier alpha value is -2.67. The van der Waals surface area contributed by atoms with Gasteiger partial charge in [0.05, 0.1) is 11.1 Å². The fraction of sp³-hybridized carbons (Fsp3) is 0.143. The highest BCUT2D eigenvalue weighted by Gasteiger charge is 2.12. The third-order valence-corrected chi connectivity index (χ3v) is 2.92. The van der Waals surface area contributed by atoms with Crippen LogP contribution >= 0.6 is 11.6 Å². The van der Waals surface area contributed by atoms with E-state index in [-0.39, 0.29) is 5.56 Å². The van der Waals surface area contributed by atoms with Gasteiger partial charge in [0.15, 0.2) is 6.61 Å². The number of rotatable bonds is 3. The molecule has 1 aromatic heterocycles. The second kappa shape index (κ2) is 6.86. The monoisotopic (exact) mass is 321 g/mol. The van der Waals surface area contributed by atoms with Gasteiger partial charge in [-0.2, -0.15) is 0 Å². The fourth-order valence-corrected chi connectivity index (χ4v) is 1.82. The molecule has 0 aliphatic heterocycles. The van der Waals surface area contributed by atoms with Gasteiger partial charge in [0.25, 0.3) is 5.91 Å². The molecule has 114 valence electrons. The minimum atomic E-state index is -0.720. The molecule has 0 radical (unpaired) electrons. The molecule has 0 aliphatic rings. The fourth-order valence-electron chi connectivity index (χ4n) is 1.67. The number of benzene rings is 1. The van der Waals surface area contributed by atoms with Gasteiger partial charge in [-0.15, -0.1) is 0 Å². The summed E-state index contributed by atoms with van der Waals surface area (Å²) in [4.78, 5) is 38.2. The Bertz CT molecular complexity index is 748. The number of carbonyl (C=O) groups is 3. The van der Waals surface area contributed by atoms with Crippen molar-refractivity contribution >= 4 is 40.4 Å². The Morgan fingerprint density at radius 1 is 1.23 bits per heavy atom. The predicted molar refractivity (Wildman–Crippen MR) is 79.6 cm³/mol. The minimum absolute atomic E-state index is 0.268. The highest BCUT2D eigenvalue weighted by molar-refractivity contribution is 6.29. The number of imide groups is 1. The average Bonchev–Trinajstić information content (AvgIpc) is 2.51. The Balaban J connectivity index is 2.02. The second-order valence-corrected chi connectivity index (χ2v) is 4.63. The zero-order chi connectivity index (χ0) is 16.1. The van der Waals surface area contributed by atoms with Crippen LogP contribution in [0.4, 0.5) is 4.79 Å². The number of aromatic nitrogens is 1. The second-order valence-electron chi connectivity index (χ2n) is 4.24. The number of hydrogen-bond acceptors (Lipinski definition) is 5. The summed E-state index contributed by atoms with van der Waals surface area (Å²) in [5, 5.41) is 5.26. The molecule has 2 rings (SSSR count). The maximum Gasteiger partial charge on any atom is 0.338 e. The quantitative estimate of drug-likeness (QED) is 0.659. The van der Waals surface area contributed by atoms with Gasteiger partial charge in [0.1, 0.15) is 5.15 Å². The molecule has 1 aromatic carbocycles. The van der Waals surface area contributed by atoms with Crippen molar-refractivity contribution in [2.75, 3.05) is 13.7 Å². The van der Waals surface area contributed by atoms with Gasteiger partial charge in [0, 0.05) is 12.4 Å². The summed E-state index contributed by atoms with van der Waals surface area (Å²) < 4.78 is 4.83. The van der Waals surface area contributed by atoms with Gasteiger partial charge in [0.2, 0.25) is 0 Å². The van der Waals surface area contributed by atoms with Crippen LogP contribution in [0, 0.1) is 0 Å². The highest BCUT2D eigenvalue weighted by Crippen LogP contribution is 2.17. The van der Waals surface area contributed by atoms with E-state index in [2.05, 4.69) is 10.3 Å². The predicted octanol–water partition coefficient (Wildman–Crippen LogP) is 1.50. The molecule has 2 N–H and O–H groups in total.